The van der Waals surface area contributed by atoms with Gasteiger partial charge in [-0.15, -0.1) is 0 Å². The minimum Gasteiger partial charge on any atom is -0.274 e. The molecule has 0 unspecified atom stereocenters. The number of nitrogens with zero attached hydrogens (tertiary/aromatic N) is 1. The molecule has 0 fully saturated rings. The maximum atomic E-state index is 13.4. The van der Waals surface area contributed by atoms with Gasteiger partial charge >= 0.3 is 0 Å². The van der Waals surface area contributed by atoms with Gasteiger partial charge in [-0.3, -0.25) is 4.72 Å². The van der Waals surface area contributed by atoms with Gasteiger partial charge in [-0.2, -0.15) is 0 Å². The molecule has 0 aliphatic heterocycles. The molecular formula is C11H6ClF3N2O2S. The van der Waals surface area contributed by atoms with Crippen molar-refractivity contribution in [1.82, 2.24) is 4.98 Å². The van der Waals surface area contributed by atoms with E-state index in [1.165, 1.54) is 12.3 Å². The van der Waals surface area contributed by atoms with Crippen LogP contribution in [0.3, 0.4) is 0 Å². The van der Waals surface area contributed by atoms with Crippen LogP contribution in [0.2, 0.25) is 5.15 Å². The predicted molar refractivity (Wildman–Crippen MR) is 66.4 cm³/mol. The number of sulfonamides is 1. The van der Waals surface area contributed by atoms with Crippen molar-refractivity contribution in [1.29, 1.82) is 0 Å². The second-order valence-corrected chi connectivity index (χ2v) is 5.65. The molecule has 0 saturated heterocycles. The maximum absolute atomic E-state index is 13.4. The van der Waals surface area contributed by atoms with Gasteiger partial charge in [0, 0.05) is 18.3 Å². The van der Waals surface area contributed by atoms with Gasteiger partial charge in [-0.25, -0.2) is 26.6 Å². The Kier molecular flexibility index (Phi) is 3.87. The van der Waals surface area contributed by atoms with Crippen molar-refractivity contribution in [2.24, 2.45) is 0 Å². The van der Waals surface area contributed by atoms with Crippen LogP contribution in [0.15, 0.2) is 35.4 Å². The second kappa shape index (κ2) is 5.29. The van der Waals surface area contributed by atoms with Crippen LogP contribution in [0.1, 0.15) is 0 Å². The SMILES string of the molecule is O=S(=O)(Nc1c(F)cc(F)cc1F)c1cccnc1Cl. The van der Waals surface area contributed by atoms with E-state index in [4.69, 9.17) is 11.6 Å². The minimum atomic E-state index is -4.35. The van der Waals surface area contributed by atoms with Crippen LogP contribution in [-0.4, -0.2) is 13.4 Å². The van der Waals surface area contributed by atoms with Gasteiger partial charge in [0.25, 0.3) is 10.0 Å². The summed E-state index contributed by atoms with van der Waals surface area (Å²) in [4.78, 5) is 3.09. The van der Waals surface area contributed by atoms with E-state index < -0.39 is 38.1 Å². The summed E-state index contributed by atoms with van der Waals surface area (Å²) in [6, 6.07) is 3.10. The minimum absolute atomic E-state index is 0.353. The van der Waals surface area contributed by atoms with Gasteiger partial charge in [-0.05, 0) is 12.1 Å². The van der Waals surface area contributed by atoms with Crippen molar-refractivity contribution in [3.8, 4) is 0 Å². The summed E-state index contributed by atoms with van der Waals surface area (Å²) < 4.78 is 65.1. The molecular weight excluding hydrogens is 317 g/mol. The highest BCUT2D eigenvalue weighted by atomic mass is 35.5. The fourth-order valence-electron chi connectivity index (χ4n) is 1.40. The number of hydrogen-bond donors (Lipinski definition) is 1. The zero-order chi connectivity index (χ0) is 14.9. The van der Waals surface area contributed by atoms with Crippen LogP contribution in [-0.2, 0) is 10.0 Å². The zero-order valence-corrected chi connectivity index (χ0v) is 11.1. The molecule has 0 bridgehead atoms. The Hall–Kier alpha value is -1.80. The number of aromatic nitrogens is 1. The van der Waals surface area contributed by atoms with E-state index in [1.807, 2.05) is 0 Å². The summed E-state index contributed by atoms with van der Waals surface area (Å²) in [5, 5.41) is -0.358. The van der Waals surface area contributed by atoms with Crippen molar-refractivity contribution in [2.45, 2.75) is 4.90 Å². The molecule has 1 aromatic carbocycles. The van der Waals surface area contributed by atoms with Gasteiger partial charge in [-0.1, -0.05) is 11.6 Å². The average Bonchev–Trinajstić information content (AvgIpc) is 2.34. The van der Waals surface area contributed by atoms with Crippen LogP contribution < -0.4 is 4.72 Å². The molecule has 4 nitrogen and oxygen atoms in total. The number of anilines is 1. The van der Waals surface area contributed by atoms with Gasteiger partial charge in [0.1, 0.15) is 21.6 Å². The molecule has 0 aliphatic carbocycles. The highest BCUT2D eigenvalue weighted by Gasteiger charge is 2.22. The van der Waals surface area contributed by atoms with E-state index in [1.54, 1.807) is 4.72 Å². The van der Waals surface area contributed by atoms with Crippen molar-refractivity contribution >= 4 is 27.3 Å². The van der Waals surface area contributed by atoms with E-state index in [0.717, 1.165) is 6.07 Å². The Morgan fingerprint density at radius 1 is 1.15 bits per heavy atom. The molecule has 0 aliphatic rings. The summed E-state index contributed by atoms with van der Waals surface area (Å²) >= 11 is 5.60. The Morgan fingerprint density at radius 2 is 1.75 bits per heavy atom. The Balaban J connectivity index is 2.47. The summed E-state index contributed by atoms with van der Waals surface area (Å²) in [6.45, 7) is 0. The monoisotopic (exact) mass is 322 g/mol. The van der Waals surface area contributed by atoms with Crippen molar-refractivity contribution in [3.05, 3.63) is 53.1 Å². The maximum Gasteiger partial charge on any atom is 0.265 e. The van der Waals surface area contributed by atoms with Crippen LogP contribution in [0, 0.1) is 17.5 Å². The predicted octanol–water partition coefficient (Wildman–Crippen LogP) is 2.95. The lowest BCUT2D eigenvalue weighted by Crippen LogP contribution is -2.16. The third-order valence-electron chi connectivity index (χ3n) is 2.26. The standard InChI is InChI=1S/C11H6ClF3N2O2S/c12-11-9(2-1-3-16-11)20(18,19)17-10-7(14)4-6(13)5-8(10)15/h1-5,17H. The first-order valence-electron chi connectivity index (χ1n) is 5.09. The molecule has 2 aromatic rings. The smallest absolute Gasteiger partial charge is 0.265 e. The zero-order valence-electron chi connectivity index (χ0n) is 9.57. The summed E-state index contributed by atoms with van der Waals surface area (Å²) in [7, 11) is -4.35. The largest absolute Gasteiger partial charge is 0.274 e. The lowest BCUT2D eigenvalue weighted by Gasteiger charge is -2.10. The summed E-state index contributed by atoms with van der Waals surface area (Å²) in [6.07, 6.45) is 1.25. The molecule has 0 atom stereocenters. The Labute approximate surface area is 117 Å². The molecule has 1 aromatic heterocycles. The number of nitrogens with one attached hydrogen (secondary N) is 1. The summed E-state index contributed by atoms with van der Waals surface area (Å²) in [5.41, 5.74) is -0.994. The van der Waals surface area contributed by atoms with Gasteiger partial charge in [0.2, 0.25) is 0 Å². The number of benzene rings is 1. The van der Waals surface area contributed by atoms with E-state index in [9.17, 15) is 21.6 Å². The fraction of sp³-hybridized carbons (Fsp3) is 0. The van der Waals surface area contributed by atoms with Crippen LogP contribution in [0.4, 0.5) is 18.9 Å². The fourth-order valence-corrected chi connectivity index (χ4v) is 2.93. The van der Waals surface area contributed by atoms with Gasteiger partial charge in [0.15, 0.2) is 11.6 Å². The van der Waals surface area contributed by atoms with Crippen molar-refractivity contribution in [3.63, 3.8) is 0 Å². The molecule has 9 heteroatoms. The highest BCUT2D eigenvalue weighted by molar-refractivity contribution is 7.92. The first-order chi connectivity index (χ1) is 9.31. The quantitative estimate of drug-likeness (QED) is 0.884. The van der Waals surface area contributed by atoms with E-state index in [-0.39, 0.29) is 5.15 Å². The highest BCUT2D eigenvalue weighted by Crippen LogP contribution is 2.25. The van der Waals surface area contributed by atoms with E-state index >= 15 is 0 Å². The van der Waals surface area contributed by atoms with Crippen LogP contribution >= 0.6 is 11.6 Å². The van der Waals surface area contributed by atoms with Crippen LogP contribution in [0.5, 0.6) is 0 Å². The first-order valence-corrected chi connectivity index (χ1v) is 6.95. The molecule has 0 saturated carbocycles. The van der Waals surface area contributed by atoms with Gasteiger partial charge in [0.05, 0.1) is 0 Å². The molecule has 20 heavy (non-hydrogen) atoms. The molecule has 0 radical (unpaired) electrons. The van der Waals surface area contributed by atoms with Crippen molar-refractivity contribution in [2.75, 3.05) is 4.72 Å². The second-order valence-electron chi connectivity index (χ2n) is 3.64. The molecule has 2 rings (SSSR count). The van der Waals surface area contributed by atoms with Gasteiger partial charge < -0.3 is 0 Å². The van der Waals surface area contributed by atoms with Crippen LogP contribution in [0.25, 0.3) is 0 Å². The Bertz CT molecular complexity index is 745. The number of hydrogen-bond acceptors (Lipinski definition) is 3. The van der Waals surface area contributed by atoms with E-state index in [0.29, 0.717) is 12.1 Å². The lowest BCUT2D eigenvalue weighted by atomic mass is 10.3. The average molecular weight is 323 g/mol. The number of pyridine rings is 1. The first kappa shape index (κ1) is 14.6. The topological polar surface area (TPSA) is 59.1 Å². The molecule has 1 N–H and O–H groups in total. The molecule has 1 heterocycles. The Morgan fingerprint density at radius 3 is 2.30 bits per heavy atom. The number of rotatable bonds is 3. The summed E-state index contributed by atoms with van der Waals surface area (Å²) in [5.74, 6) is -3.93. The third kappa shape index (κ3) is 2.86. The normalized spacial score (nSPS) is 11.4. The molecule has 0 spiro atoms. The lowest BCUT2D eigenvalue weighted by molar-refractivity contribution is 0.547. The van der Waals surface area contributed by atoms with Crippen molar-refractivity contribution < 1.29 is 21.6 Å². The molecule has 0 amide bonds. The third-order valence-corrected chi connectivity index (χ3v) is 4.05. The number of halogens is 4. The van der Waals surface area contributed by atoms with E-state index in [2.05, 4.69) is 4.98 Å². The molecule has 106 valence electrons.